The van der Waals surface area contributed by atoms with Gasteiger partial charge in [0.2, 0.25) is 11.8 Å². The van der Waals surface area contributed by atoms with E-state index >= 15 is 0 Å². The first-order valence-electron chi connectivity index (χ1n) is 9.23. The second-order valence-corrected chi connectivity index (χ2v) is 7.03. The largest absolute Gasteiger partial charge is 0.387 e. The lowest BCUT2D eigenvalue weighted by Gasteiger charge is -2.31. The summed E-state index contributed by atoms with van der Waals surface area (Å²) in [6.07, 6.45) is 3.41. The monoisotopic (exact) mass is 346 g/mol. The molecule has 1 aromatic rings. The highest BCUT2D eigenvalue weighted by atomic mass is 16.3. The predicted octanol–water partition coefficient (Wildman–Crippen LogP) is 2.57. The number of likely N-dealkylation sites (N-methyl/N-ethyl adjacent to an activating group) is 1. The topological polar surface area (TPSA) is 69.6 Å². The summed E-state index contributed by atoms with van der Waals surface area (Å²) >= 11 is 0. The zero-order valence-corrected chi connectivity index (χ0v) is 15.5. The standard InChI is InChI=1S/C20H30N2O3/c1-4-22(13-18(24)16-11-9-14(2)10-12-16)20(25)19(21-15(3)23)17-7-5-6-8-17/h9-12,17-19,24H,4-8,13H2,1-3H3,(H,21,23). The Labute approximate surface area is 150 Å². The van der Waals surface area contributed by atoms with Crippen LogP contribution in [0.3, 0.4) is 0 Å². The van der Waals surface area contributed by atoms with Crippen LogP contribution in [0.2, 0.25) is 0 Å². The Bertz CT molecular complexity index is 579. The number of rotatable bonds is 7. The fourth-order valence-corrected chi connectivity index (χ4v) is 3.57. The van der Waals surface area contributed by atoms with Crippen LogP contribution >= 0.6 is 0 Å². The van der Waals surface area contributed by atoms with E-state index in [-0.39, 0.29) is 24.3 Å². The number of aliphatic hydroxyl groups excluding tert-OH is 1. The molecule has 0 spiro atoms. The van der Waals surface area contributed by atoms with Gasteiger partial charge >= 0.3 is 0 Å². The van der Waals surface area contributed by atoms with Crippen molar-refractivity contribution in [3.8, 4) is 0 Å². The molecule has 25 heavy (non-hydrogen) atoms. The molecule has 0 radical (unpaired) electrons. The van der Waals surface area contributed by atoms with E-state index in [9.17, 15) is 14.7 Å². The first-order chi connectivity index (χ1) is 11.9. The highest BCUT2D eigenvalue weighted by Crippen LogP contribution is 2.29. The van der Waals surface area contributed by atoms with Crippen LogP contribution in [-0.2, 0) is 9.59 Å². The maximum atomic E-state index is 13.0. The summed E-state index contributed by atoms with van der Waals surface area (Å²) in [5, 5.41) is 13.4. The van der Waals surface area contributed by atoms with Gasteiger partial charge in [0.05, 0.1) is 12.6 Å². The Kier molecular flexibility index (Phi) is 7.00. The van der Waals surface area contributed by atoms with Gasteiger partial charge < -0.3 is 15.3 Å². The number of carbonyl (C=O) groups is 2. The van der Waals surface area contributed by atoms with Crippen LogP contribution in [0.5, 0.6) is 0 Å². The van der Waals surface area contributed by atoms with Crippen LogP contribution in [0, 0.1) is 12.8 Å². The van der Waals surface area contributed by atoms with Crippen molar-refractivity contribution in [1.29, 1.82) is 0 Å². The van der Waals surface area contributed by atoms with E-state index in [0.717, 1.165) is 36.8 Å². The lowest BCUT2D eigenvalue weighted by molar-refractivity contribution is -0.138. The van der Waals surface area contributed by atoms with Crippen LogP contribution < -0.4 is 5.32 Å². The smallest absolute Gasteiger partial charge is 0.245 e. The second kappa shape index (κ2) is 8.99. The fourth-order valence-electron chi connectivity index (χ4n) is 3.57. The van der Waals surface area contributed by atoms with Crippen LogP contribution in [0.4, 0.5) is 0 Å². The van der Waals surface area contributed by atoms with Crippen molar-refractivity contribution < 1.29 is 14.7 Å². The number of nitrogens with zero attached hydrogens (tertiary/aromatic N) is 1. The Morgan fingerprint density at radius 1 is 1.24 bits per heavy atom. The molecule has 0 saturated heterocycles. The van der Waals surface area contributed by atoms with Crippen LogP contribution in [-0.4, -0.2) is 41.0 Å². The van der Waals surface area contributed by atoms with Gasteiger partial charge in [0.1, 0.15) is 6.04 Å². The van der Waals surface area contributed by atoms with Gasteiger partial charge in [-0.2, -0.15) is 0 Å². The van der Waals surface area contributed by atoms with E-state index < -0.39 is 12.1 Å². The molecule has 2 N–H and O–H groups in total. The summed E-state index contributed by atoms with van der Waals surface area (Å²) in [5.41, 5.74) is 1.93. The number of carbonyl (C=O) groups excluding carboxylic acids is 2. The van der Waals surface area contributed by atoms with Crippen molar-refractivity contribution in [2.24, 2.45) is 5.92 Å². The molecule has 0 aliphatic heterocycles. The number of hydrogen-bond acceptors (Lipinski definition) is 3. The summed E-state index contributed by atoms with van der Waals surface area (Å²) < 4.78 is 0. The molecule has 0 aromatic heterocycles. The molecule has 2 rings (SSSR count). The van der Waals surface area contributed by atoms with Gasteiger partial charge in [-0.3, -0.25) is 9.59 Å². The Morgan fingerprint density at radius 3 is 2.36 bits per heavy atom. The molecular weight excluding hydrogens is 316 g/mol. The van der Waals surface area contributed by atoms with Crippen LogP contribution in [0.1, 0.15) is 56.8 Å². The van der Waals surface area contributed by atoms with E-state index in [1.165, 1.54) is 6.92 Å². The minimum Gasteiger partial charge on any atom is -0.387 e. The number of benzene rings is 1. The molecule has 1 fully saturated rings. The van der Waals surface area contributed by atoms with Gasteiger partial charge in [-0.1, -0.05) is 42.7 Å². The third kappa shape index (κ3) is 5.30. The molecular formula is C20H30N2O3. The van der Waals surface area contributed by atoms with Gasteiger partial charge in [-0.05, 0) is 38.2 Å². The van der Waals surface area contributed by atoms with Crippen molar-refractivity contribution >= 4 is 11.8 Å². The number of aryl methyl sites for hydroxylation is 1. The lowest BCUT2D eigenvalue weighted by atomic mass is 9.96. The summed E-state index contributed by atoms with van der Waals surface area (Å²) in [6.45, 7) is 6.09. The van der Waals surface area contributed by atoms with E-state index in [1.54, 1.807) is 4.90 Å². The molecule has 1 aliphatic rings. The van der Waals surface area contributed by atoms with Crippen LogP contribution in [0.25, 0.3) is 0 Å². The molecule has 1 aromatic carbocycles. The predicted molar refractivity (Wildman–Crippen MR) is 98.0 cm³/mol. The van der Waals surface area contributed by atoms with Crippen molar-refractivity contribution in [2.75, 3.05) is 13.1 Å². The molecule has 2 unspecified atom stereocenters. The molecule has 5 heteroatoms. The van der Waals surface area contributed by atoms with Gasteiger partial charge in [-0.15, -0.1) is 0 Å². The third-order valence-corrected chi connectivity index (χ3v) is 5.04. The molecule has 138 valence electrons. The maximum absolute atomic E-state index is 13.0. The zero-order valence-electron chi connectivity index (χ0n) is 15.5. The Balaban J connectivity index is 2.08. The number of nitrogens with one attached hydrogen (secondary N) is 1. The number of hydrogen-bond donors (Lipinski definition) is 2. The Morgan fingerprint density at radius 2 is 1.84 bits per heavy atom. The van der Waals surface area contributed by atoms with E-state index in [2.05, 4.69) is 5.32 Å². The number of amides is 2. The molecule has 0 bridgehead atoms. The third-order valence-electron chi connectivity index (χ3n) is 5.04. The number of aliphatic hydroxyl groups is 1. The summed E-state index contributed by atoms with van der Waals surface area (Å²) in [5.74, 6) is -0.0712. The average molecular weight is 346 g/mol. The minimum absolute atomic E-state index is 0.0873. The normalized spacial score (nSPS) is 17.1. The van der Waals surface area contributed by atoms with Gasteiger partial charge in [0.15, 0.2) is 0 Å². The summed E-state index contributed by atoms with van der Waals surface area (Å²) in [6, 6.07) is 7.20. The van der Waals surface area contributed by atoms with Crippen molar-refractivity contribution in [3.63, 3.8) is 0 Å². The zero-order chi connectivity index (χ0) is 18.4. The molecule has 2 atom stereocenters. The maximum Gasteiger partial charge on any atom is 0.245 e. The van der Waals surface area contributed by atoms with E-state index in [0.29, 0.717) is 6.54 Å². The van der Waals surface area contributed by atoms with Crippen molar-refractivity contribution in [1.82, 2.24) is 10.2 Å². The quantitative estimate of drug-likeness (QED) is 0.797. The van der Waals surface area contributed by atoms with E-state index in [4.69, 9.17) is 0 Å². The highest BCUT2D eigenvalue weighted by molar-refractivity contribution is 5.87. The average Bonchev–Trinajstić information content (AvgIpc) is 3.11. The SMILES string of the molecule is CCN(CC(O)c1ccc(C)cc1)C(=O)C(NC(C)=O)C1CCCC1. The first kappa shape index (κ1) is 19.4. The fraction of sp³-hybridized carbons (Fsp3) is 0.600. The van der Waals surface area contributed by atoms with Gasteiger partial charge in [-0.25, -0.2) is 0 Å². The molecule has 0 heterocycles. The lowest BCUT2D eigenvalue weighted by Crippen LogP contribution is -2.52. The van der Waals surface area contributed by atoms with Crippen molar-refractivity contribution in [2.45, 2.75) is 58.6 Å². The van der Waals surface area contributed by atoms with Gasteiger partial charge in [0, 0.05) is 13.5 Å². The summed E-state index contributed by atoms with van der Waals surface area (Å²) in [4.78, 5) is 26.2. The Hall–Kier alpha value is -1.88. The van der Waals surface area contributed by atoms with Crippen LogP contribution in [0.15, 0.2) is 24.3 Å². The summed E-state index contributed by atoms with van der Waals surface area (Å²) in [7, 11) is 0. The molecule has 2 amide bonds. The molecule has 5 nitrogen and oxygen atoms in total. The minimum atomic E-state index is -0.731. The van der Waals surface area contributed by atoms with Crippen molar-refractivity contribution in [3.05, 3.63) is 35.4 Å². The first-order valence-corrected chi connectivity index (χ1v) is 9.23. The second-order valence-electron chi connectivity index (χ2n) is 7.03. The van der Waals surface area contributed by atoms with E-state index in [1.807, 2.05) is 38.1 Å². The van der Waals surface area contributed by atoms with Gasteiger partial charge in [0.25, 0.3) is 0 Å². The highest BCUT2D eigenvalue weighted by Gasteiger charge is 2.34. The molecule has 1 aliphatic carbocycles. The molecule has 1 saturated carbocycles.